The number of benzene rings is 3. The number of phenolic OH excluding ortho intramolecular Hbond substituents is 1. The van der Waals surface area contributed by atoms with Crippen LogP contribution in [-0.2, 0) is 19.1 Å². The molecule has 154 valence electrons. The zero-order valence-electron chi connectivity index (χ0n) is 16.5. The summed E-state index contributed by atoms with van der Waals surface area (Å²) in [7, 11) is 1.22. The summed E-state index contributed by atoms with van der Waals surface area (Å²) < 4.78 is 10.7. The normalized spacial score (nSPS) is 11.7. The van der Waals surface area contributed by atoms with Crippen molar-refractivity contribution in [3.63, 3.8) is 0 Å². The van der Waals surface area contributed by atoms with E-state index < -0.39 is 24.0 Å². The molecule has 0 aliphatic rings. The van der Waals surface area contributed by atoms with Gasteiger partial charge in [0.2, 0.25) is 5.91 Å². The molecule has 0 aliphatic carbocycles. The number of hydrogen-bond acceptors (Lipinski definition) is 5. The van der Waals surface area contributed by atoms with E-state index in [0.29, 0.717) is 0 Å². The maximum atomic E-state index is 12.6. The van der Waals surface area contributed by atoms with E-state index in [0.717, 1.165) is 11.1 Å². The minimum atomic E-state index is -1.14. The molecule has 1 amide bonds. The molecule has 2 N–H and O–H groups in total. The lowest BCUT2D eigenvalue weighted by Crippen LogP contribution is -2.37. The van der Waals surface area contributed by atoms with E-state index in [1.165, 1.54) is 13.2 Å². The Hall–Kier alpha value is -3.64. The third kappa shape index (κ3) is 5.24. The zero-order chi connectivity index (χ0) is 21.3. The number of nitrogens with one attached hydrogen (secondary N) is 1. The van der Waals surface area contributed by atoms with Crippen LogP contribution in [0.25, 0.3) is 0 Å². The summed E-state index contributed by atoms with van der Waals surface area (Å²) in [6.45, 7) is -0.282. The molecule has 0 heterocycles. The number of phenols is 1. The first kappa shape index (κ1) is 21.1. The van der Waals surface area contributed by atoms with Gasteiger partial charge in [-0.05, 0) is 17.2 Å². The van der Waals surface area contributed by atoms with Gasteiger partial charge in [0.25, 0.3) is 0 Å². The molecule has 0 spiro atoms. The van der Waals surface area contributed by atoms with Gasteiger partial charge in [0.05, 0.1) is 7.11 Å². The Labute approximate surface area is 175 Å². The highest BCUT2D eigenvalue weighted by molar-refractivity contribution is 5.86. The fraction of sp³-hybridized carbons (Fsp3) is 0.167. The van der Waals surface area contributed by atoms with Crippen LogP contribution in [0.5, 0.6) is 5.75 Å². The van der Waals surface area contributed by atoms with Gasteiger partial charge in [-0.2, -0.15) is 0 Å². The van der Waals surface area contributed by atoms with Crippen molar-refractivity contribution in [2.75, 3.05) is 13.7 Å². The van der Waals surface area contributed by atoms with Crippen LogP contribution in [0.15, 0.2) is 84.9 Å². The van der Waals surface area contributed by atoms with Crippen LogP contribution in [0.4, 0.5) is 0 Å². The predicted molar refractivity (Wildman–Crippen MR) is 112 cm³/mol. The highest BCUT2D eigenvalue weighted by Gasteiger charge is 2.26. The van der Waals surface area contributed by atoms with Crippen molar-refractivity contribution in [1.29, 1.82) is 0 Å². The summed E-state index contributed by atoms with van der Waals surface area (Å²) in [5.41, 5.74) is 2.06. The third-order valence-corrected chi connectivity index (χ3v) is 4.58. The van der Waals surface area contributed by atoms with E-state index in [-0.39, 0.29) is 17.9 Å². The second-order valence-corrected chi connectivity index (χ2v) is 6.59. The molecule has 0 radical (unpaired) electrons. The van der Waals surface area contributed by atoms with Gasteiger partial charge in [0, 0.05) is 5.56 Å². The summed E-state index contributed by atoms with van der Waals surface area (Å²) >= 11 is 0. The van der Waals surface area contributed by atoms with E-state index in [9.17, 15) is 14.7 Å². The number of carbonyl (C=O) groups excluding carboxylic acids is 2. The molecule has 0 bridgehead atoms. The topological polar surface area (TPSA) is 84.9 Å². The van der Waals surface area contributed by atoms with Crippen LogP contribution in [0, 0.1) is 0 Å². The van der Waals surface area contributed by atoms with E-state index in [1.807, 2.05) is 60.7 Å². The van der Waals surface area contributed by atoms with Crippen molar-refractivity contribution in [2.45, 2.75) is 12.1 Å². The van der Waals surface area contributed by atoms with Crippen molar-refractivity contribution >= 4 is 11.9 Å². The Balaban J connectivity index is 1.74. The van der Waals surface area contributed by atoms with E-state index >= 15 is 0 Å². The summed E-state index contributed by atoms with van der Waals surface area (Å²) in [5.74, 6) is -1.31. The van der Waals surface area contributed by atoms with Gasteiger partial charge in [0.1, 0.15) is 18.5 Å². The van der Waals surface area contributed by atoms with Gasteiger partial charge in [-0.1, -0.05) is 78.9 Å². The van der Waals surface area contributed by atoms with Crippen LogP contribution < -0.4 is 5.32 Å². The van der Waals surface area contributed by atoms with Crippen LogP contribution >= 0.6 is 0 Å². The first-order valence-electron chi connectivity index (χ1n) is 9.46. The van der Waals surface area contributed by atoms with Gasteiger partial charge in [-0.3, -0.25) is 4.79 Å². The highest BCUT2D eigenvalue weighted by Crippen LogP contribution is 2.27. The van der Waals surface area contributed by atoms with E-state index in [4.69, 9.17) is 9.47 Å². The lowest BCUT2D eigenvalue weighted by molar-refractivity contribution is -0.146. The van der Waals surface area contributed by atoms with Crippen molar-refractivity contribution in [3.05, 3.63) is 102 Å². The molecule has 0 unspecified atom stereocenters. The highest BCUT2D eigenvalue weighted by atomic mass is 16.5. The SMILES string of the molecule is COC(=O)[C@H](NC(=O)COC(c1ccccc1)c1ccccc1)c1ccccc1O. The monoisotopic (exact) mass is 405 g/mol. The summed E-state index contributed by atoms with van der Waals surface area (Å²) in [4.78, 5) is 24.8. The van der Waals surface area contributed by atoms with Crippen LogP contribution in [0.2, 0.25) is 0 Å². The fourth-order valence-corrected chi connectivity index (χ4v) is 3.12. The molecule has 0 saturated carbocycles. The van der Waals surface area contributed by atoms with Crippen molar-refractivity contribution in [3.8, 4) is 5.75 Å². The average molecular weight is 405 g/mol. The maximum Gasteiger partial charge on any atom is 0.333 e. The van der Waals surface area contributed by atoms with Gasteiger partial charge in [-0.25, -0.2) is 4.79 Å². The van der Waals surface area contributed by atoms with Crippen LogP contribution in [0.1, 0.15) is 28.8 Å². The summed E-state index contributed by atoms with van der Waals surface area (Å²) in [6.07, 6.45) is -0.445. The molecule has 6 nitrogen and oxygen atoms in total. The molecular weight excluding hydrogens is 382 g/mol. The van der Waals surface area contributed by atoms with E-state index in [2.05, 4.69) is 5.32 Å². The average Bonchev–Trinajstić information content (AvgIpc) is 2.79. The molecule has 0 saturated heterocycles. The Bertz CT molecular complexity index is 936. The molecule has 0 aromatic heterocycles. The second-order valence-electron chi connectivity index (χ2n) is 6.59. The largest absolute Gasteiger partial charge is 0.508 e. The maximum absolute atomic E-state index is 12.6. The Kier molecular flexibility index (Phi) is 7.19. The van der Waals surface area contributed by atoms with E-state index in [1.54, 1.807) is 18.2 Å². The molecule has 3 aromatic rings. The fourth-order valence-electron chi connectivity index (χ4n) is 3.12. The number of aromatic hydroxyl groups is 1. The predicted octanol–water partition coefficient (Wildman–Crippen LogP) is 3.53. The standard InChI is InChI=1S/C24H23NO5/c1-29-24(28)22(19-14-8-9-15-20(19)26)25-21(27)16-30-23(17-10-4-2-5-11-17)18-12-6-3-7-13-18/h2-15,22-23,26H,16H2,1H3,(H,25,27)/t22-/m1/s1. The summed E-state index contributed by atoms with van der Waals surface area (Å²) in [5, 5.41) is 12.6. The van der Waals surface area contributed by atoms with Gasteiger partial charge in [-0.15, -0.1) is 0 Å². The zero-order valence-corrected chi connectivity index (χ0v) is 16.5. The van der Waals surface area contributed by atoms with Crippen molar-refractivity contribution in [2.24, 2.45) is 0 Å². The summed E-state index contributed by atoms with van der Waals surface area (Å²) in [6, 6.07) is 24.3. The molecule has 30 heavy (non-hydrogen) atoms. The second kappa shape index (κ2) is 10.2. The smallest absolute Gasteiger partial charge is 0.333 e. The van der Waals surface area contributed by atoms with Crippen LogP contribution in [-0.4, -0.2) is 30.7 Å². The third-order valence-electron chi connectivity index (χ3n) is 4.58. The number of para-hydroxylation sites is 1. The molecule has 3 aromatic carbocycles. The molecule has 0 fully saturated rings. The number of ether oxygens (including phenoxy) is 2. The number of methoxy groups -OCH3 is 1. The Morgan fingerprint density at radius 3 is 1.93 bits per heavy atom. The number of esters is 1. The quantitative estimate of drug-likeness (QED) is 0.560. The molecule has 1 atom stereocenters. The minimum Gasteiger partial charge on any atom is -0.508 e. The van der Waals surface area contributed by atoms with Gasteiger partial charge < -0.3 is 19.9 Å². The first-order valence-corrected chi connectivity index (χ1v) is 9.46. The van der Waals surface area contributed by atoms with Crippen molar-refractivity contribution in [1.82, 2.24) is 5.32 Å². The van der Waals surface area contributed by atoms with Gasteiger partial charge >= 0.3 is 5.97 Å². The Morgan fingerprint density at radius 2 is 1.40 bits per heavy atom. The minimum absolute atomic E-state index is 0.111. The Morgan fingerprint density at radius 1 is 0.867 bits per heavy atom. The van der Waals surface area contributed by atoms with Crippen molar-refractivity contribution < 1.29 is 24.2 Å². The molecule has 0 aliphatic heterocycles. The lowest BCUT2D eigenvalue weighted by Gasteiger charge is -2.21. The number of rotatable bonds is 8. The number of hydrogen-bond donors (Lipinski definition) is 2. The molecule has 3 rings (SSSR count). The lowest BCUT2D eigenvalue weighted by atomic mass is 10.0. The first-order chi connectivity index (χ1) is 14.6. The van der Waals surface area contributed by atoms with Gasteiger partial charge in [0.15, 0.2) is 6.04 Å². The molecule has 6 heteroatoms. The number of amides is 1. The number of carbonyl (C=O) groups is 2. The van der Waals surface area contributed by atoms with Crippen LogP contribution in [0.3, 0.4) is 0 Å². The molecular formula is C24H23NO5.